The van der Waals surface area contributed by atoms with Crippen molar-refractivity contribution in [2.75, 3.05) is 0 Å². The van der Waals surface area contributed by atoms with E-state index in [4.69, 9.17) is 0 Å². The summed E-state index contributed by atoms with van der Waals surface area (Å²) in [5, 5.41) is 11.0. The number of aromatic hydroxyl groups is 1. The minimum atomic E-state index is 0.130. The minimum Gasteiger partial charge on any atom is -0.507 e. The Labute approximate surface area is 152 Å². The summed E-state index contributed by atoms with van der Waals surface area (Å²) in [5.74, 6) is 0.654. The SMILES string of the molecule is CC(c1ccccc1)c1cc(Br)cc(C(C)c2ccccc2)c1O. The molecule has 0 aromatic heterocycles. The van der Waals surface area contributed by atoms with Crippen molar-refractivity contribution in [3.05, 3.63) is 99.5 Å². The largest absolute Gasteiger partial charge is 0.507 e. The summed E-state index contributed by atoms with van der Waals surface area (Å²) in [4.78, 5) is 0. The highest BCUT2D eigenvalue weighted by Gasteiger charge is 2.20. The van der Waals surface area contributed by atoms with E-state index in [1.165, 1.54) is 11.1 Å². The van der Waals surface area contributed by atoms with Crippen LogP contribution in [0.4, 0.5) is 0 Å². The number of phenols is 1. The molecule has 24 heavy (non-hydrogen) atoms. The molecular formula is C22H21BrO. The molecule has 0 saturated carbocycles. The zero-order valence-electron chi connectivity index (χ0n) is 13.9. The minimum absolute atomic E-state index is 0.130. The highest BCUT2D eigenvalue weighted by atomic mass is 79.9. The van der Waals surface area contributed by atoms with E-state index >= 15 is 0 Å². The Kier molecular flexibility index (Phi) is 5.06. The van der Waals surface area contributed by atoms with Gasteiger partial charge in [0.25, 0.3) is 0 Å². The first-order valence-corrected chi connectivity index (χ1v) is 8.99. The zero-order valence-corrected chi connectivity index (χ0v) is 15.5. The standard InChI is InChI=1S/C22H21BrO/c1-15(17-9-5-3-6-10-17)20-13-19(23)14-21(22(20)24)16(2)18-11-7-4-8-12-18/h3-16,24H,1-2H3. The van der Waals surface area contributed by atoms with Crippen LogP contribution in [0, 0.1) is 0 Å². The van der Waals surface area contributed by atoms with E-state index < -0.39 is 0 Å². The zero-order chi connectivity index (χ0) is 17.1. The van der Waals surface area contributed by atoms with Crippen LogP contribution < -0.4 is 0 Å². The predicted molar refractivity (Wildman–Crippen MR) is 104 cm³/mol. The number of halogens is 1. The van der Waals surface area contributed by atoms with Gasteiger partial charge in [-0.15, -0.1) is 0 Å². The van der Waals surface area contributed by atoms with E-state index in [1.807, 2.05) is 48.5 Å². The monoisotopic (exact) mass is 380 g/mol. The summed E-state index contributed by atoms with van der Waals surface area (Å²) in [5.41, 5.74) is 4.30. The average molecular weight is 381 g/mol. The molecule has 0 aliphatic heterocycles. The molecule has 2 heteroatoms. The van der Waals surface area contributed by atoms with Crippen molar-refractivity contribution in [1.82, 2.24) is 0 Å². The first-order valence-electron chi connectivity index (χ1n) is 8.20. The van der Waals surface area contributed by atoms with Gasteiger partial charge in [-0.1, -0.05) is 90.4 Å². The Hall–Kier alpha value is -2.06. The smallest absolute Gasteiger partial charge is 0.123 e. The normalized spacial score (nSPS) is 13.5. The van der Waals surface area contributed by atoms with Crippen molar-refractivity contribution >= 4 is 15.9 Å². The lowest BCUT2D eigenvalue weighted by Crippen LogP contribution is -2.02. The Bertz CT molecular complexity index is 745. The first kappa shape index (κ1) is 16.8. The van der Waals surface area contributed by atoms with Crippen LogP contribution in [-0.4, -0.2) is 5.11 Å². The summed E-state index contributed by atoms with van der Waals surface area (Å²) in [7, 11) is 0. The van der Waals surface area contributed by atoms with Crippen molar-refractivity contribution in [2.45, 2.75) is 25.7 Å². The van der Waals surface area contributed by atoms with Gasteiger partial charge in [0.15, 0.2) is 0 Å². The van der Waals surface area contributed by atoms with E-state index in [0.29, 0.717) is 5.75 Å². The predicted octanol–water partition coefficient (Wildman–Crippen LogP) is 6.46. The summed E-state index contributed by atoms with van der Waals surface area (Å²) in [6.07, 6.45) is 0. The highest BCUT2D eigenvalue weighted by molar-refractivity contribution is 9.10. The van der Waals surface area contributed by atoms with Gasteiger partial charge in [-0.25, -0.2) is 0 Å². The summed E-state index contributed by atoms with van der Waals surface area (Å²) in [6.45, 7) is 4.27. The molecule has 3 rings (SSSR count). The maximum Gasteiger partial charge on any atom is 0.123 e. The Balaban J connectivity index is 2.05. The van der Waals surface area contributed by atoms with Crippen LogP contribution in [0.3, 0.4) is 0 Å². The van der Waals surface area contributed by atoms with E-state index in [9.17, 15) is 5.11 Å². The van der Waals surface area contributed by atoms with Gasteiger partial charge < -0.3 is 5.11 Å². The number of phenolic OH excluding ortho intramolecular Hbond substituents is 1. The Morgan fingerprint density at radius 3 is 1.46 bits per heavy atom. The van der Waals surface area contributed by atoms with Crippen LogP contribution in [-0.2, 0) is 0 Å². The molecular weight excluding hydrogens is 360 g/mol. The molecule has 3 aromatic carbocycles. The van der Waals surface area contributed by atoms with Crippen LogP contribution >= 0.6 is 15.9 Å². The molecule has 0 bridgehead atoms. The fraction of sp³-hybridized carbons (Fsp3) is 0.182. The van der Waals surface area contributed by atoms with E-state index in [-0.39, 0.29) is 11.8 Å². The fourth-order valence-corrected chi connectivity index (χ4v) is 3.64. The van der Waals surface area contributed by atoms with Crippen LogP contribution in [0.25, 0.3) is 0 Å². The Morgan fingerprint density at radius 2 is 1.08 bits per heavy atom. The number of benzene rings is 3. The van der Waals surface area contributed by atoms with Gasteiger partial charge >= 0.3 is 0 Å². The molecule has 0 aliphatic carbocycles. The molecule has 3 aromatic rings. The van der Waals surface area contributed by atoms with Crippen LogP contribution in [0.2, 0.25) is 0 Å². The van der Waals surface area contributed by atoms with Gasteiger partial charge in [0, 0.05) is 27.4 Å². The molecule has 0 fully saturated rings. The third kappa shape index (κ3) is 3.39. The van der Waals surface area contributed by atoms with Crippen molar-refractivity contribution in [3.63, 3.8) is 0 Å². The molecule has 2 unspecified atom stereocenters. The molecule has 0 aliphatic rings. The Morgan fingerprint density at radius 1 is 0.708 bits per heavy atom. The second-order valence-electron chi connectivity index (χ2n) is 6.20. The van der Waals surface area contributed by atoms with E-state index in [2.05, 4.69) is 54.0 Å². The first-order chi connectivity index (χ1) is 11.6. The van der Waals surface area contributed by atoms with Crippen molar-refractivity contribution in [2.24, 2.45) is 0 Å². The summed E-state index contributed by atoms with van der Waals surface area (Å²) < 4.78 is 0.996. The highest BCUT2D eigenvalue weighted by Crippen LogP contribution is 2.40. The van der Waals surface area contributed by atoms with Gasteiger partial charge in [0.2, 0.25) is 0 Å². The molecule has 0 radical (unpaired) electrons. The van der Waals surface area contributed by atoms with Crippen molar-refractivity contribution in [3.8, 4) is 5.75 Å². The van der Waals surface area contributed by atoms with Crippen LogP contribution in [0.1, 0.15) is 47.9 Å². The molecule has 0 saturated heterocycles. The lowest BCUT2D eigenvalue weighted by molar-refractivity contribution is 0.457. The molecule has 0 amide bonds. The molecule has 1 nitrogen and oxygen atoms in total. The van der Waals surface area contributed by atoms with Crippen molar-refractivity contribution in [1.29, 1.82) is 0 Å². The third-order valence-electron chi connectivity index (χ3n) is 4.67. The fourth-order valence-electron chi connectivity index (χ4n) is 3.14. The number of hydrogen-bond donors (Lipinski definition) is 1. The lowest BCUT2D eigenvalue weighted by atomic mass is 9.86. The van der Waals surface area contributed by atoms with E-state index in [0.717, 1.165) is 15.6 Å². The number of hydrogen-bond acceptors (Lipinski definition) is 1. The second kappa shape index (κ2) is 7.23. The third-order valence-corrected chi connectivity index (χ3v) is 5.12. The van der Waals surface area contributed by atoms with Crippen LogP contribution in [0.5, 0.6) is 5.75 Å². The van der Waals surface area contributed by atoms with Crippen LogP contribution in [0.15, 0.2) is 77.3 Å². The molecule has 122 valence electrons. The second-order valence-corrected chi connectivity index (χ2v) is 7.11. The quantitative estimate of drug-likeness (QED) is 0.550. The van der Waals surface area contributed by atoms with Crippen molar-refractivity contribution < 1.29 is 5.11 Å². The maximum atomic E-state index is 11.0. The number of rotatable bonds is 4. The van der Waals surface area contributed by atoms with Gasteiger partial charge in [-0.05, 0) is 23.3 Å². The molecule has 0 spiro atoms. The van der Waals surface area contributed by atoms with Gasteiger partial charge in [-0.3, -0.25) is 0 Å². The summed E-state index contributed by atoms with van der Waals surface area (Å²) in [6, 6.07) is 24.6. The summed E-state index contributed by atoms with van der Waals surface area (Å²) >= 11 is 3.62. The lowest BCUT2D eigenvalue weighted by Gasteiger charge is -2.21. The van der Waals surface area contributed by atoms with E-state index in [1.54, 1.807) is 0 Å². The van der Waals surface area contributed by atoms with Gasteiger partial charge in [-0.2, -0.15) is 0 Å². The molecule has 2 atom stereocenters. The molecule has 0 heterocycles. The van der Waals surface area contributed by atoms with Gasteiger partial charge in [0.1, 0.15) is 5.75 Å². The maximum absolute atomic E-state index is 11.0. The topological polar surface area (TPSA) is 20.2 Å². The molecule has 1 N–H and O–H groups in total. The van der Waals surface area contributed by atoms with Gasteiger partial charge in [0.05, 0.1) is 0 Å². The average Bonchev–Trinajstić information content (AvgIpc) is 2.63.